The molecule has 0 spiro atoms. The van der Waals surface area contributed by atoms with Gasteiger partial charge in [0, 0.05) is 18.8 Å². The van der Waals surface area contributed by atoms with Crippen LogP contribution in [0.25, 0.3) is 0 Å². The van der Waals surface area contributed by atoms with E-state index >= 15 is 0 Å². The SMILES string of the molecule is CC(C)n1ccc(CN2CCCNCC2=O)n1. The number of nitrogens with zero attached hydrogens (tertiary/aromatic N) is 3. The summed E-state index contributed by atoms with van der Waals surface area (Å²) < 4.78 is 1.93. The zero-order chi connectivity index (χ0) is 12.3. The minimum Gasteiger partial charge on any atom is -0.336 e. The third-order valence-electron chi connectivity index (χ3n) is 2.96. The first kappa shape index (κ1) is 12.1. The number of nitrogens with one attached hydrogen (secondary N) is 1. The molecule has 17 heavy (non-hydrogen) atoms. The van der Waals surface area contributed by atoms with Gasteiger partial charge in [0.2, 0.25) is 5.91 Å². The Morgan fingerprint density at radius 1 is 1.53 bits per heavy atom. The summed E-state index contributed by atoms with van der Waals surface area (Å²) in [5.41, 5.74) is 0.967. The average Bonchev–Trinajstić information content (AvgIpc) is 2.66. The summed E-state index contributed by atoms with van der Waals surface area (Å²) in [7, 11) is 0. The lowest BCUT2D eigenvalue weighted by atomic mass is 10.3. The van der Waals surface area contributed by atoms with Crippen molar-refractivity contribution in [1.82, 2.24) is 20.0 Å². The number of hydrogen-bond donors (Lipinski definition) is 1. The lowest BCUT2D eigenvalue weighted by molar-refractivity contribution is -0.130. The molecule has 1 aromatic rings. The predicted octanol–water partition coefficient (Wildman–Crippen LogP) is 0.786. The summed E-state index contributed by atoms with van der Waals surface area (Å²) >= 11 is 0. The van der Waals surface area contributed by atoms with E-state index in [0.717, 1.165) is 25.2 Å². The van der Waals surface area contributed by atoms with Crippen molar-refractivity contribution in [2.45, 2.75) is 32.9 Å². The van der Waals surface area contributed by atoms with Crippen molar-refractivity contribution in [2.24, 2.45) is 0 Å². The molecule has 0 atom stereocenters. The molecule has 0 saturated carbocycles. The predicted molar refractivity (Wildman–Crippen MR) is 65.5 cm³/mol. The molecule has 1 N–H and O–H groups in total. The second kappa shape index (κ2) is 5.31. The maximum atomic E-state index is 11.8. The Morgan fingerprint density at radius 2 is 2.35 bits per heavy atom. The number of carbonyl (C=O) groups is 1. The monoisotopic (exact) mass is 236 g/mol. The highest BCUT2D eigenvalue weighted by molar-refractivity contribution is 5.78. The zero-order valence-electron chi connectivity index (χ0n) is 10.5. The van der Waals surface area contributed by atoms with Gasteiger partial charge in [0.1, 0.15) is 0 Å². The summed E-state index contributed by atoms with van der Waals surface area (Å²) in [5.74, 6) is 0.168. The van der Waals surface area contributed by atoms with Gasteiger partial charge in [-0.2, -0.15) is 5.10 Å². The fourth-order valence-electron chi connectivity index (χ4n) is 1.94. The fourth-order valence-corrected chi connectivity index (χ4v) is 1.94. The third kappa shape index (κ3) is 3.06. The smallest absolute Gasteiger partial charge is 0.236 e. The number of carbonyl (C=O) groups excluding carboxylic acids is 1. The van der Waals surface area contributed by atoms with E-state index in [1.54, 1.807) is 0 Å². The molecule has 1 amide bonds. The molecule has 1 aromatic heterocycles. The van der Waals surface area contributed by atoms with E-state index in [1.165, 1.54) is 0 Å². The summed E-state index contributed by atoms with van der Waals surface area (Å²) in [5, 5.41) is 7.59. The van der Waals surface area contributed by atoms with Gasteiger partial charge in [-0.3, -0.25) is 9.48 Å². The van der Waals surface area contributed by atoms with Gasteiger partial charge >= 0.3 is 0 Å². The first-order chi connectivity index (χ1) is 8.16. The van der Waals surface area contributed by atoms with E-state index in [1.807, 2.05) is 21.8 Å². The Kier molecular flexibility index (Phi) is 3.78. The summed E-state index contributed by atoms with van der Waals surface area (Å²) in [6, 6.07) is 2.36. The minimum atomic E-state index is 0.168. The van der Waals surface area contributed by atoms with E-state index in [4.69, 9.17) is 0 Å². The molecule has 1 aliphatic rings. The second-order valence-electron chi connectivity index (χ2n) is 4.73. The van der Waals surface area contributed by atoms with Gasteiger partial charge in [0.15, 0.2) is 0 Å². The molecule has 2 rings (SSSR count). The number of amides is 1. The van der Waals surface area contributed by atoms with Gasteiger partial charge < -0.3 is 10.2 Å². The molecule has 5 nitrogen and oxygen atoms in total. The van der Waals surface area contributed by atoms with Crippen LogP contribution in [0.2, 0.25) is 0 Å². The van der Waals surface area contributed by atoms with Gasteiger partial charge in [-0.15, -0.1) is 0 Å². The molecular formula is C12H20N4O. The molecule has 94 valence electrons. The van der Waals surface area contributed by atoms with Gasteiger partial charge in [0.25, 0.3) is 0 Å². The van der Waals surface area contributed by atoms with Gasteiger partial charge in [-0.25, -0.2) is 0 Å². The highest BCUT2D eigenvalue weighted by atomic mass is 16.2. The van der Waals surface area contributed by atoms with E-state index in [0.29, 0.717) is 19.1 Å². The Hall–Kier alpha value is -1.36. The average molecular weight is 236 g/mol. The number of hydrogen-bond acceptors (Lipinski definition) is 3. The van der Waals surface area contributed by atoms with Crippen molar-refractivity contribution in [3.05, 3.63) is 18.0 Å². The summed E-state index contributed by atoms with van der Waals surface area (Å²) in [4.78, 5) is 13.7. The number of rotatable bonds is 3. The van der Waals surface area contributed by atoms with Crippen LogP contribution in [0, 0.1) is 0 Å². The van der Waals surface area contributed by atoms with E-state index in [9.17, 15) is 4.79 Å². The lowest BCUT2D eigenvalue weighted by Gasteiger charge is -2.18. The van der Waals surface area contributed by atoms with Crippen LogP contribution >= 0.6 is 0 Å². The number of aromatic nitrogens is 2. The summed E-state index contributed by atoms with van der Waals surface area (Å²) in [6.45, 7) is 7.00. The molecule has 5 heteroatoms. The van der Waals surface area contributed by atoms with Crippen molar-refractivity contribution in [2.75, 3.05) is 19.6 Å². The lowest BCUT2D eigenvalue weighted by Crippen LogP contribution is -2.34. The topological polar surface area (TPSA) is 50.2 Å². The molecule has 1 fully saturated rings. The van der Waals surface area contributed by atoms with Gasteiger partial charge in [-0.1, -0.05) is 0 Å². The first-order valence-electron chi connectivity index (χ1n) is 6.19. The molecule has 2 heterocycles. The summed E-state index contributed by atoms with van der Waals surface area (Å²) in [6.07, 6.45) is 2.98. The molecule has 0 unspecified atom stereocenters. The van der Waals surface area contributed by atoms with Crippen LogP contribution in [0.3, 0.4) is 0 Å². The van der Waals surface area contributed by atoms with Crippen LogP contribution in [0.15, 0.2) is 12.3 Å². The van der Waals surface area contributed by atoms with E-state index < -0.39 is 0 Å². The molecule has 0 aromatic carbocycles. The van der Waals surface area contributed by atoms with Crippen molar-refractivity contribution < 1.29 is 4.79 Å². The first-order valence-corrected chi connectivity index (χ1v) is 6.19. The highest BCUT2D eigenvalue weighted by Gasteiger charge is 2.17. The largest absolute Gasteiger partial charge is 0.336 e. The molecular weight excluding hydrogens is 216 g/mol. The Labute approximate surface area is 102 Å². The van der Waals surface area contributed by atoms with Crippen molar-refractivity contribution in [3.8, 4) is 0 Å². The Bertz CT molecular complexity index is 386. The Morgan fingerprint density at radius 3 is 3.06 bits per heavy atom. The molecule has 0 aliphatic carbocycles. The van der Waals surface area contributed by atoms with Crippen LogP contribution in [0.5, 0.6) is 0 Å². The molecule has 1 aliphatic heterocycles. The van der Waals surface area contributed by atoms with E-state index in [2.05, 4.69) is 24.3 Å². The standard InChI is InChI=1S/C12H20N4O/c1-10(2)16-7-4-11(14-16)9-15-6-3-5-13-8-12(15)17/h4,7,10,13H,3,5-6,8-9H2,1-2H3. The normalized spacial score (nSPS) is 17.6. The molecule has 1 saturated heterocycles. The van der Waals surface area contributed by atoms with E-state index in [-0.39, 0.29) is 5.91 Å². The zero-order valence-corrected chi connectivity index (χ0v) is 10.5. The van der Waals surface area contributed by atoms with Crippen molar-refractivity contribution in [1.29, 1.82) is 0 Å². The van der Waals surface area contributed by atoms with Gasteiger partial charge in [0.05, 0.1) is 18.8 Å². The molecule has 0 radical (unpaired) electrons. The highest BCUT2D eigenvalue weighted by Crippen LogP contribution is 2.08. The van der Waals surface area contributed by atoms with Crippen molar-refractivity contribution >= 4 is 5.91 Å². The Balaban J connectivity index is 2.00. The second-order valence-corrected chi connectivity index (χ2v) is 4.73. The minimum absolute atomic E-state index is 0.168. The van der Waals surface area contributed by atoms with Crippen LogP contribution in [-0.4, -0.2) is 40.2 Å². The van der Waals surface area contributed by atoms with Crippen LogP contribution in [0.1, 0.15) is 32.0 Å². The van der Waals surface area contributed by atoms with Crippen LogP contribution < -0.4 is 5.32 Å². The maximum absolute atomic E-state index is 11.8. The quantitative estimate of drug-likeness (QED) is 0.844. The van der Waals surface area contributed by atoms with Crippen molar-refractivity contribution in [3.63, 3.8) is 0 Å². The maximum Gasteiger partial charge on any atom is 0.236 e. The van der Waals surface area contributed by atoms with Crippen LogP contribution in [0.4, 0.5) is 0 Å². The third-order valence-corrected chi connectivity index (χ3v) is 2.96. The van der Waals surface area contributed by atoms with Gasteiger partial charge in [-0.05, 0) is 32.9 Å². The molecule has 0 bridgehead atoms. The fraction of sp³-hybridized carbons (Fsp3) is 0.667. The van der Waals surface area contributed by atoms with Crippen LogP contribution in [-0.2, 0) is 11.3 Å².